The lowest BCUT2D eigenvalue weighted by Gasteiger charge is -2.22. The number of hydrogen-bond acceptors (Lipinski definition) is 1. The maximum absolute atomic E-state index is 12.8. The molecule has 0 bridgehead atoms. The minimum Gasteiger partial charge on any atom is -0.321 e. The first-order chi connectivity index (χ1) is 12.8. The van der Waals surface area contributed by atoms with Crippen LogP contribution in [-0.4, -0.2) is 5.91 Å². The summed E-state index contributed by atoms with van der Waals surface area (Å²) in [6.45, 7) is 6.43. The largest absolute Gasteiger partial charge is 0.321 e. The zero-order valence-electron chi connectivity index (χ0n) is 15.5. The Morgan fingerprint density at radius 3 is 2.19 bits per heavy atom. The van der Waals surface area contributed by atoms with E-state index in [-0.39, 0.29) is 11.3 Å². The van der Waals surface area contributed by atoms with Gasteiger partial charge in [-0.05, 0) is 46.9 Å². The smallest absolute Gasteiger partial charge is 0.257 e. The van der Waals surface area contributed by atoms with Gasteiger partial charge in [0.1, 0.15) is 0 Å². The summed E-state index contributed by atoms with van der Waals surface area (Å²) in [7, 11) is 0. The number of amides is 1. The molecule has 0 aliphatic rings. The van der Waals surface area contributed by atoms with E-state index in [0.717, 1.165) is 22.4 Å². The minimum absolute atomic E-state index is 0.0393. The molecule has 3 rings (SSSR count). The average Bonchev–Trinajstić information content (AvgIpc) is 2.62. The maximum atomic E-state index is 12.8. The third kappa shape index (κ3) is 4.52. The van der Waals surface area contributed by atoms with Crippen molar-refractivity contribution in [3.63, 3.8) is 0 Å². The summed E-state index contributed by atoms with van der Waals surface area (Å²) >= 11 is 12.2. The summed E-state index contributed by atoms with van der Waals surface area (Å²) in [5.74, 6) is -0.234. The molecule has 0 aliphatic heterocycles. The van der Waals surface area contributed by atoms with E-state index < -0.39 is 0 Å². The van der Waals surface area contributed by atoms with Gasteiger partial charge in [0, 0.05) is 16.3 Å². The third-order valence-electron chi connectivity index (χ3n) is 4.41. The molecule has 1 N–H and O–H groups in total. The molecule has 27 heavy (non-hydrogen) atoms. The highest BCUT2D eigenvalue weighted by molar-refractivity contribution is 6.34. The summed E-state index contributed by atoms with van der Waals surface area (Å²) < 4.78 is 0. The van der Waals surface area contributed by atoms with Crippen LogP contribution >= 0.6 is 23.2 Å². The van der Waals surface area contributed by atoms with Crippen molar-refractivity contribution in [1.29, 1.82) is 0 Å². The van der Waals surface area contributed by atoms with E-state index in [2.05, 4.69) is 32.2 Å². The molecule has 2 nitrogen and oxygen atoms in total. The van der Waals surface area contributed by atoms with Crippen molar-refractivity contribution in [2.45, 2.75) is 26.2 Å². The fourth-order valence-corrected chi connectivity index (χ4v) is 3.18. The molecule has 0 radical (unpaired) electrons. The minimum atomic E-state index is -0.234. The molecule has 3 aromatic rings. The number of hydrogen-bond donors (Lipinski definition) is 1. The van der Waals surface area contributed by atoms with Gasteiger partial charge < -0.3 is 5.32 Å². The van der Waals surface area contributed by atoms with Crippen molar-refractivity contribution in [3.8, 4) is 11.1 Å². The lowest BCUT2D eigenvalue weighted by Crippen LogP contribution is -2.16. The van der Waals surface area contributed by atoms with Gasteiger partial charge in [0.25, 0.3) is 5.91 Å². The summed E-state index contributed by atoms with van der Waals surface area (Å²) in [5, 5.41) is 4.14. The van der Waals surface area contributed by atoms with Gasteiger partial charge in [0.2, 0.25) is 0 Å². The van der Waals surface area contributed by atoms with Crippen LogP contribution in [0.4, 0.5) is 5.69 Å². The monoisotopic (exact) mass is 397 g/mol. The van der Waals surface area contributed by atoms with Crippen LogP contribution in [0.5, 0.6) is 0 Å². The quantitative estimate of drug-likeness (QED) is 0.496. The van der Waals surface area contributed by atoms with E-state index >= 15 is 0 Å². The van der Waals surface area contributed by atoms with Gasteiger partial charge in [-0.3, -0.25) is 4.79 Å². The Kier molecular flexibility index (Phi) is 5.59. The Morgan fingerprint density at radius 1 is 0.889 bits per heavy atom. The Labute approximate surface area is 170 Å². The lowest BCUT2D eigenvalue weighted by molar-refractivity contribution is 0.102. The van der Waals surface area contributed by atoms with Crippen molar-refractivity contribution in [3.05, 3.63) is 87.9 Å². The van der Waals surface area contributed by atoms with Crippen LogP contribution in [0.15, 0.2) is 66.7 Å². The zero-order chi connectivity index (χ0) is 19.6. The molecule has 0 unspecified atom stereocenters. The van der Waals surface area contributed by atoms with Crippen LogP contribution in [0.3, 0.4) is 0 Å². The van der Waals surface area contributed by atoms with E-state index in [1.54, 1.807) is 24.3 Å². The Morgan fingerprint density at radius 2 is 1.56 bits per heavy atom. The average molecular weight is 398 g/mol. The van der Waals surface area contributed by atoms with E-state index in [0.29, 0.717) is 15.6 Å². The maximum Gasteiger partial charge on any atom is 0.257 e. The summed E-state index contributed by atoms with van der Waals surface area (Å²) in [6, 6.07) is 20.8. The van der Waals surface area contributed by atoms with Gasteiger partial charge in [-0.25, -0.2) is 0 Å². The van der Waals surface area contributed by atoms with Crippen molar-refractivity contribution in [1.82, 2.24) is 0 Å². The highest BCUT2D eigenvalue weighted by Gasteiger charge is 2.18. The standard InChI is InChI=1S/C23H21Cl2NO/c1-23(2,3)16-10-13-18(15-8-11-17(24)12-9-15)21(14-16)26-22(27)19-6-4-5-7-20(19)25/h4-14H,1-3H3,(H,26,27). The number of carbonyl (C=O) groups excluding carboxylic acids is 1. The predicted molar refractivity (Wildman–Crippen MR) is 115 cm³/mol. The topological polar surface area (TPSA) is 29.1 Å². The van der Waals surface area contributed by atoms with Gasteiger partial charge in [0.05, 0.1) is 10.6 Å². The number of benzene rings is 3. The molecule has 0 heterocycles. The molecular formula is C23H21Cl2NO. The Hall–Kier alpha value is -2.29. The van der Waals surface area contributed by atoms with Gasteiger partial charge in [-0.2, -0.15) is 0 Å². The van der Waals surface area contributed by atoms with E-state index in [9.17, 15) is 4.79 Å². The molecule has 0 saturated carbocycles. The van der Waals surface area contributed by atoms with E-state index in [4.69, 9.17) is 23.2 Å². The number of halogens is 2. The van der Waals surface area contributed by atoms with Crippen LogP contribution in [0.2, 0.25) is 10.0 Å². The van der Waals surface area contributed by atoms with Crippen LogP contribution in [0.1, 0.15) is 36.7 Å². The van der Waals surface area contributed by atoms with Gasteiger partial charge in [-0.15, -0.1) is 0 Å². The molecule has 4 heteroatoms. The Bertz CT molecular complexity index is 972. The lowest BCUT2D eigenvalue weighted by atomic mass is 9.85. The second kappa shape index (κ2) is 7.75. The van der Waals surface area contributed by atoms with Crippen LogP contribution in [0.25, 0.3) is 11.1 Å². The number of nitrogens with one attached hydrogen (secondary N) is 1. The number of anilines is 1. The molecule has 0 aromatic heterocycles. The zero-order valence-corrected chi connectivity index (χ0v) is 17.0. The fourth-order valence-electron chi connectivity index (χ4n) is 2.83. The van der Waals surface area contributed by atoms with E-state index in [1.165, 1.54) is 0 Å². The first-order valence-corrected chi connectivity index (χ1v) is 9.47. The summed E-state index contributed by atoms with van der Waals surface area (Å²) in [6.07, 6.45) is 0. The molecule has 1 amide bonds. The highest BCUT2D eigenvalue weighted by Crippen LogP contribution is 2.34. The number of carbonyl (C=O) groups is 1. The second-order valence-electron chi connectivity index (χ2n) is 7.45. The summed E-state index contributed by atoms with van der Waals surface area (Å²) in [4.78, 5) is 12.8. The van der Waals surface area contributed by atoms with Crippen LogP contribution < -0.4 is 5.32 Å². The van der Waals surface area contributed by atoms with Crippen molar-refractivity contribution in [2.75, 3.05) is 5.32 Å². The third-order valence-corrected chi connectivity index (χ3v) is 4.99. The molecule has 0 spiro atoms. The predicted octanol–water partition coefficient (Wildman–Crippen LogP) is 7.21. The van der Waals surface area contributed by atoms with Gasteiger partial charge in [-0.1, -0.05) is 80.4 Å². The first kappa shape index (κ1) is 19.5. The fraction of sp³-hybridized carbons (Fsp3) is 0.174. The van der Waals surface area contributed by atoms with Crippen LogP contribution in [-0.2, 0) is 5.41 Å². The van der Waals surface area contributed by atoms with Crippen molar-refractivity contribution >= 4 is 34.8 Å². The van der Waals surface area contributed by atoms with Crippen molar-refractivity contribution < 1.29 is 4.79 Å². The highest BCUT2D eigenvalue weighted by atomic mass is 35.5. The normalized spacial score (nSPS) is 11.3. The molecule has 0 aliphatic carbocycles. The van der Waals surface area contributed by atoms with Gasteiger partial charge in [0.15, 0.2) is 0 Å². The van der Waals surface area contributed by atoms with E-state index in [1.807, 2.05) is 36.4 Å². The Balaban J connectivity index is 2.06. The van der Waals surface area contributed by atoms with Crippen LogP contribution in [0, 0.1) is 0 Å². The molecule has 3 aromatic carbocycles. The molecule has 0 fully saturated rings. The van der Waals surface area contributed by atoms with Crippen molar-refractivity contribution in [2.24, 2.45) is 0 Å². The SMILES string of the molecule is CC(C)(C)c1ccc(-c2ccc(Cl)cc2)c(NC(=O)c2ccccc2Cl)c1. The molecule has 0 atom stereocenters. The summed E-state index contributed by atoms with van der Waals surface area (Å²) in [5.41, 5.74) is 4.20. The number of rotatable bonds is 3. The van der Waals surface area contributed by atoms with Gasteiger partial charge >= 0.3 is 0 Å². The first-order valence-electron chi connectivity index (χ1n) is 8.72. The second-order valence-corrected chi connectivity index (χ2v) is 8.29. The molecule has 0 saturated heterocycles. The molecular weight excluding hydrogens is 377 g/mol. The molecule has 138 valence electrons.